The quantitative estimate of drug-likeness (QED) is 0.134. The van der Waals surface area contributed by atoms with Crippen LogP contribution in [0, 0.1) is 52.3 Å². The number of allylic oxidation sites excluding steroid dienone is 1. The normalized spacial score (nSPS) is 59.0. The van der Waals surface area contributed by atoms with Crippen LogP contribution in [0.3, 0.4) is 0 Å². The van der Waals surface area contributed by atoms with Crippen LogP contribution in [0.2, 0.25) is 0 Å². The molecule has 0 aromatic rings. The van der Waals surface area contributed by atoms with Crippen LogP contribution in [-0.2, 0) is 37.9 Å². The number of aliphatic hydroxyl groups is 8. The molecule has 0 unspecified atom stereocenters. The maximum Gasteiger partial charge on any atom is 0.187 e. The molecule has 9 fully saturated rings. The zero-order valence-corrected chi connectivity index (χ0v) is 37.2. The van der Waals surface area contributed by atoms with Gasteiger partial charge in [-0.15, -0.1) is 0 Å². The van der Waals surface area contributed by atoms with Gasteiger partial charge in [0.15, 0.2) is 24.7 Å². The van der Waals surface area contributed by atoms with Crippen molar-refractivity contribution in [2.75, 3.05) is 13.2 Å². The summed E-state index contributed by atoms with van der Waals surface area (Å²) in [5.41, 5.74) is 1.39. The summed E-state index contributed by atoms with van der Waals surface area (Å²) < 4.78 is 50.3. The SMILES string of the molecule is C=C1C[C@H]2[C@@H](CC[C@H]3C[C@@H](O[C@@H]4O[C@H](CO)[C@@H](O[C@@H]5O[C@@H](C)[C@H](O)[C@@H](O)[C@H]5O)[C@H](O)[C@H]4O[C@@H]4O[C@@H](C)[C@H](O)[C@@H](O)[C@H]4O)CC[C@@]32C)[C@@H]2C[C@@H]3O[C@]4(CC[C@@H](C)CO4)[C@@H](C)[C@@H]3[C@@]12C. The lowest BCUT2D eigenvalue weighted by Crippen LogP contribution is -2.66. The minimum absolute atomic E-state index is 0.00821. The van der Waals surface area contributed by atoms with E-state index in [1.807, 2.05) is 0 Å². The van der Waals surface area contributed by atoms with Crippen molar-refractivity contribution >= 4 is 0 Å². The summed E-state index contributed by atoms with van der Waals surface area (Å²) in [7, 11) is 0. The topological polar surface area (TPSA) is 236 Å². The molecule has 1 spiro atoms. The van der Waals surface area contributed by atoms with E-state index >= 15 is 0 Å². The molecular weight excluding hydrogens is 808 g/mol. The molecule has 4 saturated carbocycles. The number of aliphatic hydroxyl groups excluding tert-OH is 8. The third kappa shape index (κ3) is 7.32. The lowest BCUT2D eigenvalue weighted by Gasteiger charge is -2.62. The average molecular weight is 883 g/mol. The zero-order chi connectivity index (χ0) is 44.4. The Kier molecular flexibility index (Phi) is 12.7. The maximum atomic E-state index is 12.0. The summed E-state index contributed by atoms with van der Waals surface area (Å²) in [6, 6.07) is 0. The molecule has 5 aliphatic heterocycles. The van der Waals surface area contributed by atoms with Crippen LogP contribution >= 0.6 is 0 Å². The van der Waals surface area contributed by atoms with Gasteiger partial charge in [0.25, 0.3) is 0 Å². The molecule has 9 rings (SSSR count). The van der Waals surface area contributed by atoms with E-state index in [0.29, 0.717) is 47.8 Å². The van der Waals surface area contributed by atoms with Gasteiger partial charge in [-0.1, -0.05) is 39.8 Å². The fourth-order valence-corrected chi connectivity index (χ4v) is 14.4. The van der Waals surface area contributed by atoms with Gasteiger partial charge in [-0.3, -0.25) is 0 Å². The highest BCUT2D eigenvalue weighted by Gasteiger charge is 2.70. The Morgan fingerprint density at radius 3 is 1.94 bits per heavy atom. The van der Waals surface area contributed by atoms with E-state index in [4.69, 9.17) is 44.5 Å². The summed E-state index contributed by atoms with van der Waals surface area (Å²) >= 11 is 0. The number of rotatable bonds is 7. The fraction of sp³-hybridized carbons (Fsp3) is 0.957. The van der Waals surface area contributed by atoms with Gasteiger partial charge in [-0.05, 0) is 106 Å². The lowest BCUT2D eigenvalue weighted by atomic mass is 9.43. The van der Waals surface area contributed by atoms with Crippen molar-refractivity contribution in [3.05, 3.63) is 12.2 Å². The Balaban J connectivity index is 0.910. The second-order valence-corrected chi connectivity index (χ2v) is 21.5. The van der Waals surface area contributed by atoms with Gasteiger partial charge in [0.1, 0.15) is 61.0 Å². The Morgan fingerprint density at radius 2 is 1.32 bits per heavy atom. The molecule has 0 aromatic carbocycles. The van der Waals surface area contributed by atoms with E-state index in [-0.39, 0.29) is 23.0 Å². The summed E-state index contributed by atoms with van der Waals surface area (Å²) in [5, 5.41) is 86.0. The van der Waals surface area contributed by atoms with Gasteiger partial charge in [0, 0.05) is 18.3 Å². The van der Waals surface area contributed by atoms with Crippen LogP contribution in [0.4, 0.5) is 0 Å². The second kappa shape index (κ2) is 17.0. The molecule has 5 saturated heterocycles. The molecule has 0 aromatic heterocycles. The monoisotopic (exact) mass is 882 g/mol. The molecule has 4 aliphatic carbocycles. The first-order valence-electron chi connectivity index (χ1n) is 23.6. The average Bonchev–Trinajstić information content (AvgIpc) is 3.70. The Bertz CT molecular complexity index is 1610. The minimum atomic E-state index is -1.71. The van der Waals surface area contributed by atoms with E-state index in [1.165, 1.54) is 19.4 Å². The third-order valence-corrected chi connectivity index (χ3v) is 18.3. The summed E-state index contributed by atoms with van der Waals surface area (Å²) in [4.78, 5) is 0. The molecular formula is C46H74O16. The van der Waals surface area contributed by atoms with E-state index in [2.05, 4.69) is 27.7 Å². The van der Waals surface area contributed by atoms with Gasteiger partial charge in [-0.2, -0.15) is 0 Å². The van der Waals surface area contributed by atoms with Gasteiger partial charge in [-0.25, -0.2) is 0 Å². The summed E-state index contributed by atoms with van der Waals surface area (Å²) in [6.45, 7) is 17.5. The van der Waals surface area contributed by atoms with Crippen LogP contribution in [0.5, 0.6) is 0 Å². The Labute approximate surface area is 365 Å². The van der Waals surface area contributed by atoms with E-state index < -0.39 is 105 Å². The van der Waals surface area contributed by atoms with Crippen molar-refractivity contribution in [3.8, 4) is 0 Å². The molecule has 0 radical (unpaired) electrons. The molecule has 0 bridgehead atoms. The van der Waals surface area contributed by atoms with Crippen molar-refractivity contribution in [2.24, 2.45) is 52.3 Å². The zero-order valence-electron chi connectivity index (χ0n) is 37.2. The molecule has 16 heteroatoms. The van der Waals surface area contributed by atoms with Crippen LogP contribution in [0.25, 0.3) is 0 Å². The van der Waals surface area contributed by atoms with Crippen molar-refractivity contribution in [1.82, 2.24) is 0 Å². The molecule has 8 N–H and O–H groups in total. The predicted octanol–water partition coefficient (Wildman–Crippen LogP) is 1.49. The molecule has 62 heavy (non-hydrogen) atoms. The third-order valence-electron chi connectivity index (χ3n) is 18.3. The van der Waals surface area contributed by atoms with Crippen molar-refractivity contribution < 1.29 is 78.7 Å². The first-order chi connectivity index (χ1) is 29.3. The minimum Gasteiger partial charge on any atom is -0.394 e. The van der Waals surface area contributed by atoms with E-state index in [1.54, 1.807) is 0 Å². The Hall–Kier alpha value is -0.900. The molecule has 9 aliphatic rings. The molecule has 354 valence electrons. The largest absolute Gasteiger partial charge is 0.394 e. The van der Waals surface area contributed by atoms with Gasteiger partial charge >= 0.3 is 0 Å². The highest BCUT2D eigenvalue weighted by atomic mass is 16.8. The summed E-state index contributed by atoms with van der Waals surface area (Å²) in [5.74, 6) is 2.62. The van der Waals surface area contributed by atoms with Crippen molar-refractivity contribution in [3.63, 3.8) is 0 Å². The van der Waals surface area contributed by atoms with Crippen LogP contribution in [-0.4, -0.2) is 164 Å². The molecule has 27 atom stereocenters. The fourth-order valence-electron chi connectivity index (χ4n) is 14.4. The van der Waals surface area contributed by atoms with E-state index in [0.717, 1.165) is 58.0 Å². The first kappa shape index (κ1) is 46.2. The lowest BCUT2D eigenvalue weighted by molar-refractivity contribution is -0.389. The Morgan fingerprint density at radius 1 is 0.677 bits per heavy atom. The standard InChI is InChI=1S/C46H74O16/c1-19-10-13-46(55-18-19)21(3)31-29(62-46)16-28-26-9-8-24-15-25(11-12-44(24,6)27(26)14-20(2)45(28,31)7)58-43-40(61-42-37(53)35(51)33(49)23(5)57-42)38(54)39(30(17-47)59-43)60-41-36(52)34(50)32(48)22(4)56-41/h19,21-43,47-54H,2,8-18H2,1,3-7H3/t19-,21+,22+,23+,24+,25+,26-,27+,28+,29+,30-,31+,32+,33+,34-,35-,36-,37-,38+,39-,40-,41+,42+,43-,44+,45+,46-/m1/s1. The van der Waals surface area contributed by atoms with Crippen LogP contribution in [0.1, 0.15) is 99.3 Å². The van der Waals surface area contributed by atoms with Gasteiger partial charge < -0.3 is 78.7 Å². The molecule has 16 nitrogen and oxygen atoms in total. The summed E-state index contributed by atoms with van der Waals surface area (Å²) in [6.07, 6.45) is -13.0. The molecule has 0 amide bonds. The van der Waals surface area contributed by atoms with Crippen molar-refractivity contribution in [1.29, 1.82) is 0 Å². The van der Waals surface area contributed by atoms with Crippen LogP contribution in [0.15, 0.2) is 12.2 Å². The van der Waals surface area contributed by atoms with Gasteiger partial charge in [0.05, 0.1) is 37.6 Å². The van der Waals surface area contributed by atoms with E-state index in [9.17, 15) is 40.9 Å². The highest BCUT2D eigenvalue weighted by molar-refractivity contribution is 5.28. The highest BCUT2D eigenvalue weighted by Crippen LogP contribution is 2.72. The van der Waals surface area contributed by atoms with Crippen molar-refractivity contribution in [2.45, 2.75) is 209 Å². The smallest absolute Gasteiger partial charge is 0.187 e. The number of hydrogen-bond acceptors (Lipinski definition) is 16. The maximum absolute atomic E-state index is 12.0. The predicted molar refractivity (Wildman–Crippen MR) is 217 cm³/mol. The first-order valence-corrected chi connectivity index (χ1v) is 23.6. The number of hydrogen-bond donors (Lipinski definition) is 8. The number of fused-ring (bicyclic) bond motifs is 7. The van der Waals surface area contributed by atoms with Gasteiger partial charge in [0.2, 0.25) is 0 Å². The molecule has 5 heterocycles. The van der Waals surface area contributed by atoms with Crippen LogP contribution < -0.4 is 0 Å². The number of ether oxygens (including phenoxy) is 8. The second-order valence-electron chi connectivity index (χ2n) is 21.5.